The van der Waals surface area contributed by atoms with E-state index in [1.807, 2.05) is 0 Å². The summed E-state index contributed by atoms with van der Waals surface area (Å²) >= 11 is 0. The van der Waals surface area contributed by atoms with Crippen LogP contribution >= 0.6 is 0 Å². The van der Waals surface area contributed by atoms with Crippen LogP contribution in [0.4, 0.5) is 0 Å². The van der Waals surface area contributed by atoms with Crippen LogP contribution in [0.5, 0.6) is 5.75 Å². The topological polar surface area (TPSA) is 110 Å². The third-order valence-corrected chi connectivity index (χ3v) is 2.63. The van der Waals surface area contributed by atoms with Gasteiger partial charge in [-0.2, -0.15) is 0 Å². The molecule has 0 aliphatic heterocycles. The van der Waals surface area contributed by atoms with Gasteiger partial charge in [-0.3, -0.25) is 4.79 Å². The van der Waals surface area contributed by atoms with E-state index in [1.54, 1.807) is 12.1 Å². The van der Waals surface area contributed by atoms with Crippen LogP contribution in [0, 0.1) is 0 Å². The highest BCUT2D eigenvalue weighted by Gasteiger charge is 2.24. The number of ketones is 1. The summed E-state index contributed by atoms with van der Waals surface area (Å²) in [7, 11) is 0. The quantitative estimate of drug-likeness (QED) is 0.320. The van der Waals surface area contributed by atoms with E-state index in [2.05, 4.69) is 0 Å². The number of rotatable bonds is 8. The van der Waals surface area contributed by atoms with E-state index in [9.17, 15) is 19.5 Å². The van der Waals surface area contributed by atoms with Crippen LogP contribution in [0.15, 0.2) is 36.4 Å². The minimum atomic E-state index is -1.44. The van der Waals surface area contributed by atoms with E-state index >= 15 is 0 Å². The summed E-state index contributed by atoms with van der Waals surface area (Å²) in [6.07, 6.45) is 1.49. The lowest BCUT2D eigenvalue weighted by Crippen LogP contribution is -2.30. The SMILES string of the molecule is CC(C)(O)C(=O)c1ccc(OCCOC(=O)C=CC(=O)O)cc1. The van der Waals surface area contributed by atoms with Crippen molar-refractivity contribution in [1.29, 1.82) is 0 Å². The van der Waals surface area contributed by atoms with E-state index in [0.717, 1.165) is 6.08 Å². The van der Waals surface area contributed by atoms with Gasteiger partial charge in [0.25, 0.3) is 0 Å². The maximum Gasteiger partial charge on any atom is 0.331 e. The number of carbonyl (C=O) groups excluding carboxylic acids is 2. The summed E-state index contributed by atoms with van der Waals surface area (Å²) in [6.45, 7) is 2.85. The molecule has 2 N–H and O–H groups in total. The summed E-state index contributed by atoms with van der Waals surface area (Å²) in [6, 6.07) is 6.17. The number of ether oxygens (including phenoxy) is 2. The van der Waals surface area contributed by atoms with Crippen LogP contribution in [-0.4, -0.2) is 46.7 Å². The maximum atomic E-state index is 11.8. The highest BCUT2D eigenvalue weighted by atomic mass is 16.6. The Morgan fingerprint density at radius 2 is 1.70 bits per heavy atom. The smallest absolute Gasteiger partial charge is 0.331 e. The Labute approximate surface area is 133 Å². The standard InChI is InChI=1S/C16H18O7/c1-16(2,21)15(20)11-3-5-12(6-4-11)22-9-10-23-14(19)8-7-13(17)18/h3-8,21H,9-10H2,1-2H3,(H,17,18). The molecule has 7 nitrogen and oxygen atoms in total. The van der Waals surface area contributed by atoms with Gasteiger partial charge >= 0.3 is 11.9 Å². The summed E-state index contributed by atoms with van der Waals surface area (Å²) in [5.74, 6) is -1.95. The normalized spacial score (nSPS) is 11.3. The molecule has 0 radical (unpaired) electrons. The number of aliphatic carboxylic acids is 1. The number of esters is 1. The molecule has 0 spiro atoms. The number of hydrogen-bond donors (Lipinski definition) is 2. The van der Waals surface area contributed by atoms with E-state index in [-0.39, 0.29) is 13.2 Å². The van der Waals surface area contributed by atoms with Crippen molar-refractivity contribution in [2.24, 2.45) is 0 Å². The van der Waals surface area contributed by atoms with Gasteiger partial charge < -0.3 is 19.7 Å². The van der Waals surface area contributed by atoms with Crippen LogP contribution in [0.1, 0.15) is 24.2 Å². The molecule has 23 heavy (non-hydrogen) atoms. The molecule has 0 saturated heterocycles. The third kappa shape index (κ3) is 6.75. The van der Waals surface area contributed by atoms with Gasteiger partial charge in [-0.15, -0.1) is 0 Å². The number of carboxylic acids is 1. The Kier molecular flexibility index (Phi) is 6.47. The summed E-state index contributed by atoms with van der Waals surface area (Å²) in [5.41, 5.74) is -1.09. The van der Waals surface area contributed by atoms with Crippen LogP contribution in [0.25, 0.3) is 0 Å². The van der Waals surface area contributed by atoms with Gasteiger partial charge in [0.05, 0.1) is 0 Å². The van der Waals surface area contributed by atoms with Crippen LogP contribution in [0.3, 0.4) is 0 Å². The van der Waals surface area contributed by atoms with E-state index < -0.39 is 23.3 Å². The maximum absolute atomic E-state index is 11.8. The molecule has 1 aromatic carbocycles. The minimum Gasteiger partial charge on any atom is -0.490 e. The molecule has 0 aromatic heterocycles. The van der Waals surface area contributed by atoms with Gasteiger partial charge in [0.2, 0.25) is 0 Å². The van der Waals surface area contributed by atoms with E-state index in [0.29, 0.717) is 17.4 Å². The number of benzene rings is 1. The molecule has 1 aromatic rings. The van der Waals surface area contributed by atoms with Gasteiger partial charge in [0.1, 0.15) is 24.6 Å². The highest BCUT2D eigenvalue weighted by Crippen LogP contribution is 2.17. The Balaban J connectivity index is 2.41. The zero-order chi connectivity index (χ0) is 17.5. The van der Waals surface area contributed by atoms with Crippen molar-refractivity contribution in [1.82, 2.24) is 0 Å². The number of carbonyl (C=O) groups is 3. The third-order valence-electron chi connectivity index (χ3n) is 2.63. The van der Waals surface area contributed by atoms with Crippen LogP contribution in [-0.2, 0) is 14.3 Å². The molecular formula is C16H18O7. The summed E-state index contributed by atoms with van der Waals surface area (Å²) in [5, 5.41) is 18.0. The van der Waals surface area contributed by atoms with Gasteiger partial charge in [-0.25, -0.2) is 9.59 Å². The predicted octanol–water partition coefficient (Wildman–Crippen LogP) is 1.20. The van der Waals surface area contributed by atoms with E-state index in [4.69, 9.17) is 14.6 Å². The number of aliphatic hydroxyl groups is 1. The molecule has 0 aliphatic rings. The van der Waals surface area contributed by atoms with Gasteiger partial charge in [0, 0.05) is 17.7 Å². The highest BCUT2D eigenvalue weighted by molar-refractivity contribution is 6.01. The fourth-order valence-corrected chi connectivity index (χ4v) is 1.54. The summed E-state index contributed by atoms with van der Waals surface area (Å²) < 4.78 is 10.0. The molecule has 0 saturated carbocycles. The monoisotopic (exact) mass is 322 g/mol. The summed E-state index contributed by atoms with van der Waals surface area (Å²) in [4.78, 5) is 33.1. The second-order valence-corrected chi connectivity index (χ2v) is 5.10. The Morgan fingerprint density at radius 3 is 2.22 bits per heavy atom. The average molecular weight is 322 g/mol. The first-order chi connectivity index (χ1) is 10.7. The average Bonchev–Trinajstić information content (AvgIpc) is 2.48. The van der Waals surface area contributed by atoms with E-state index in [1.165, 1.54) is 26.0 Å². The van der Waals surface area contributed by atoms with Crippen LogP contribution in [0.2, 0.25) is 0 Å². The molecule has 0 heterocycles. The lowest BCUT2D eigenvalue weighted by atomic mass is 9.97. The Bertz CT molecular complexity index is 594. The van der Waals surface area contributed by atoms with Crippen molar-refractivity contribution < 1.29 is 34.1 Å². The molecule has 0 bridgehead atoms. The minimum absolute atomic E-state index is 0.0485. The Morgan fingerprint density at radius 1 is 1.09 bits per heavy atom. The first-order valence-electron chi connectivity index (χ1n) is 6.78. The first-order valence-corrected chi connectivity index (χ1v) is 6.78. The van der Waals surface area contributed by atoms with Crippen molar-refractivity contribution >= 4 is 17.7 Å². The van der Waals surface area contributed by atoms with Crippen molar-refractivity contribution in [2.45, 2.75) is 19.4 Å². The van der Waals surface area contributed by atoms with Crippen molar-refractivity contribution in [3.05, 3.63) is 42.0 Å². The van der Waals surface area contributed by atoms with Crippen LogP contribution < -0.4 is 4.74 Å². The first kappa shape index (κ1) is 18.4. The molecule has 0 unspecified atom stereocenters. The number of hydrogen-bond acceptors (Lipinski definition) is 6. The zero-order valence-corrected chi connectivity index (χ0v) is 12.8. The lowest BCUT2D eigenvalue weighted by Gasteiger charge is -2.15. The van der Waals surface area contributed by atoms with Gasteiger partial charge in [-0.05, 0) is 38.1 Å². The molecule has 0 aliphatic carbocycles. The number of Topliss-reactive ketones (excluding diaryl/α,β-unsaturated/α-hetero) is 1. The van der Waals surface area contributed by atoms with Crippen molar-refractivity contribution in [2.75, 3.05) is 13.2 Å². The molecule has 0 fully saturated rings. The molecular weight excluding hydrogens is 304 g/mol. The second-order valence-electron chi connectivity index (χ2n) is 5.10. The largest absolute Gasteiger partial charge is 0.490 e. The molecule has 7 heteroatoms. The second kappa shape index (κ2) is 8.09. The number of carboxylic acid groups (broad SMARTS) is 1. The molecule has 124 valence electrons. The zero-order valence-electron chi connectivity index (χ0n) is 12.8. The van der Waals surface area contributed by atoms with Crippen molar-refractivity contribution in [3.8, 4) is 5.75 Å². The predicted molar refractivity (Wildman–Crippen MR) is 80.3 cm³/mol. The molecule has 0 atom stereocenters. The molecule has 0 amide bonds. The fraction of sp³-hybridized carbons (Fsp3) is 0.312. The lowest BCUT2D eigenvalue weighted by molar-refractivity contribution is -0.139. The van der Waals surface area contributed by atoms with Crippen molar-refractivity contribution in [3.63, 3.8) is 0 Å². The van der Waals surface area contributed by atoms with Gasteiger partial charge in [0.15, 0.2) is 5.78 Å². The van der Waals surface area contributed by atoms with Gasteiger partial charge in [-0.1, -0.05) is 0 Å². The molecule has 1 rings (SSSR count). The Hall–Kier alpha value is -2.67. The fourth-order valence-electron chi connectivity index (χ4n) is 1.54.